The molecule has 2 fully saturated rings. The summed E-state index contributed by atoms with van der Waals surface area (Å²) in [6, 6.07) is 5.81. The van der Waals surface area contributed by atoms with Crippen LogP contribution in [0, 0.1) is 11.3 Å². The first-order valence-corrected chi connectivity index (χ1v) is 10.3. The fourth-order valence-corrected chi connectivity index (χ4v) is 5.72. The van der Waals surface area contributed by atoms with E-state index in [0.29, 0.717) is 31.8 Å². The third-order valence-electron chi connectivity index (χ3n) is 7.97. The average molecular weight is 386 g/mol. The molecule has 1 aromatic carbocycles. The van der Waals surface area contributed by atoms with E-state index < -0.39 is 0 Å². The minimum Gasteiger partial charge on any atom is -0.508 e. The quantitative estimate of drug-likeness (QED) is 0.779. The molecule has 1 unspecified atom stereocenters. The summed E-state index contributed by atoms with van der Waals surface area (Å²) in [5.41, 5.74) is 7.47. The number of likely N-dealkylation sites (tertiary alicyclic amines) is 2. The molecule has 0 saturated carbocycles. The molecule has 2 heterocycles. The lowest BCUT2D eigenvalue weighted by atomic mass is 9.51. The number of primary amides is 1. The lowest BCUT2D eigenvalue weighted by Gasteiger charge is -2.61. The number of benzene rings is 1. The SMILES string of the molecule is CC1(C)[C@@H]2Cc3c(O)cccc3[C@]1(C)CCN2C(=O)N1CCCC(C(N)=O)C1. The summed E-state index contributed by atoms with van der Waals surface area (Å²) in [7, 11) is 0. The number of nitrogens with zero attached hydrogens (tertiary/aromatic N) is 2. The highest BCUT2D eigenvalue weighted by Gasteiger charge is 2.57. The Morgan fingerprint density at radius 2 is 1.96 bits per heavy atom. The standard InChI is InChI=1S/C22H31N3O3/c1-21(2)18-12-15-16(7-4-8-17(15)26)22(21,3)9-11-25(18)20(28)24-10-5-6-14(13-24)19(23)27/h4,7-8,14,18,26H,5-6,9-13H2,1-3H3,(H2,23,27)/t14?,18-,22-/m0/s1. The Bertz CT molecular complexity index is 821. The number of phenols is 1. The van der Waals surface area contributed by atoms with Gasteiger partial charge in [0.25, 0.3) is 0 Å². The first-order valence-electron chi connectivity index (χ1n) is 10.3. The molecular weight excluding hydrogens is 354 g/mol. The van der Waals surface area contributed by atoms with E-state index in [2.05, 4.69) is 26.8 Å². The molecule has 3 atom stereocenters. The van der Waals surface area contributed by atoms with Gasteiger partial charge in [0, 0.05) is 31.1 Å². The molecule has 3 amide bonds. The number of piperidine rings is 2. The number of carbonyl (C=O) groups is 2. The summed E-state index contributed by atoms with van der Waals surface area (Å²) < 4.78 is 0. The number of aromatic hydroxyl groups is 1. The highest BCUT2D eigenvalue weighted by atomic mass is 16.3. The van der Waals surface area contributed by atoms with Gasteiger partial charge in [0.15, 0.2) is 0 Å². The monoisotopic (exact) mass is 385 g/mol. The molecule has 1 aromatic rings. The van der Waals surface area contributed by atoms with Crippen LogP contribution in [0.4, 0.5) is 4.79 Å². The lowest BCUT2D eigenvalue weighted by Crippen LogP contribution is -2.66. The van der Waals surface area contributed by atoms with Crippen molar-refractivity contribution in [1.29, 1.82) is 0 Å². The van der Waals surface area contributed by atoms with E-state index in [9.17, 15) is 14.7 Å². The highest BCUT2D eigenvalue weighted by Crippen LogP contribution is 2.57. The zero-order valence-corrected chi connectivity index (χ0v) is 17.1. The predicted molar refractivity (Wildman–Crippen MR) is 107 cm³/mol. The van der Waals surface area contributed by atoms with Crippen molar-refractivity contribution in [2.45, 2.75) is 57.9 Å². The second kappa shape index (κ2) is 6.39. The van der Waals surface area contributed by atoms with Gasteiger partial charge in [0.2, 0.25) is 5.91 Å². The number of amides is 3. The molecule has 3 aliphatic rings. The minimum absolute atomic E-state index is 0.00458. The van der Waals surface area contributed by atoms with Gasteiger partial charge in [0.05, 0.1) is 5.92 Å². The summed E-state index contributed by atoms with van der Waals surface area (Å²) in [6.07, 6.45) is 3.07. The van der Waals surface area contributed by atoms with Crippen LogP contribution in [0.25, 0.3) is 0 Å². The number of hydrogen-bond acceptors (Lipinski definition) is 3. The van der Waals surface area contributed by atoms with Gasteiger partial charge in [-0.15, -0.1) is 0 Å². The Labute approximate surface area is 166 Å². The summed E-state index contributed by atoms with van der Waals surface area (Å²) >= 11 is 0. The molecule has 0 spiro atoms. The van der Waals surface area contributed by atoms with E-state index >= 15 is 0 Å². The van der Waals surface area contributed by atoms with E-state index in [4.69, 9.17) is 5.73 Å². The van der Waals surface area contributed by atoms with Gasteiger partial charge in [-0.05, 0) is 48.3 Å². The molecule has 152 valence electrons. The van der Waals surface area contributed by atoms with Gasteiger partial charge < -0.3 is 20.6 Å². The zero-order chi connectivity index (χ0) is 20.3. The fraction of sp³-hybridized carbons (Fsp3) is 0.636. The van der Waals surface area contributed by atoms with E-state index in [1.54, 1.807) is 11.0 Å². The molecule has 4 rings (SSSR count). The second-order valence-corrected chi connectivity index (χ2v) is 9.49. The Morgan fingerprint density at radius 1 is 1.21 bits per heavy atom. The van der Waals surface area contributed by atoms with Crippen LogP contribution in [0.2, 0.25) is 0 Å². The van der Waals surface area contributed by atoms with Crippen LogP contribution < -0.4 is 5.73 Å². The molecule has 0 radical (unpaired) electrons. The van der Waals surface area contributed by atoms with Crippen LogP contribution >= 0.6 is 0 Å². The lowest BCUT2D eigenvalue weighted by molar-refractivity contribution is -0.123. The number of hydrogen-bond donors (Lipinski definition) is 2. The van der Waals surface area contributed by atoms with Crippen molar-refractivity contribution in [3.8, 4) is 5.75 Å². The van der Waals surface area contributed by atoms with Gasteiger partial charge in [0.1, 0.15) is 5.75 Å². The zero-order valence-electron chi connectivity index (χ0n) is 17.1. The smallest absolute Gasteiger partial charge is 0.320 e. The Hall–Kier alpha value is -2.24. The van der Waals surface area contributed by atoms with Crippen molar-refractivity contribution < 1.29 is 14.7 Å². The molecular formula is C22H31N3O3. The Morgan fingerprint density at radius 3 is 2.68 bits per heavy atom. The fourth-order valence-electron chi connectivity index (χ4n) is 5.72. The van der Waals surface area contributed by atoms with Gasteiger partial charge in [-0.2, -0.15) is 0 Å². The summed E-state index contributed by atoms with van der Waals surface area (Å²) in [4.78, 5) is 28.9. The van der Waals surface area contributed by atoms with Crippen LogP contribution in [0.3, 0.4) is 0 Å². The second-order valence-electron chi connectivity index (χ2n) is 9.49. The van der Waals surface area contributed by atoms with Crippen molar-refractivity contribution in [2.24, 2.45) is 17.1 Å². The molecule has 6 heteroatoms. The molecule has 3 N–H and O–H groups in total. The van der Waals surface area contributed by atoms with Gasteiger partial charge in [-0.3, -0.25) is 4.79 Å². The third-order valence-corrected chi connectivity index (χ3v) is 7.97. The van der Waals surface area contributed by atoms with E-state index in [1.807, 2.05) is 11.0 Å². The van der Waals surface area contributed by atoms with Crippen LogP contribution in [-0.4, -0.2) is 52.5 Å². The number of rotatable bonds is 1. The van der Waals surface area contributed by atoms with E-state index in [-0.39, 0.29) is 34.7 Å². The number of carbonyl (C=O) groups excluding carboxylic acids is 2. The van der Waals surface area contributed by atoms with Crippen LogP contribution in [0.5, 0.6) is 5.75 Å². The number of fused-ring (bicyclic) bond motifs is 4. The first kappa shape index (κ1) is 19.1. The van der Waals surface area contributed by atoms with Crippen LogP contribution in [0.1, 0.15) is 51.2 Å². The van der Waals surface area contributed by atoms with Crippen molar-refractivity contribution in [1.82, 2.24) is 9.80 Å². The molecule has 2 saturated heterocycles. The van der Waals surface area contributed by atoms with Gasteiger partial charge in [-0.1, -0.05) is 32.9 Å². The summed E-state index contributed by atoms with van der Waals surface area (Å²) in [6.45, 7) is 8.53. The molecule has 0 aromatic heterocycles. The minimum atomic E-state index is -0.319. The van der Waals surface area contributed by atoms with E-state index in [0.717, 1.165) is 24.8 Å². The Kier molecular flexibility index (Phi) is 4.36. The molecule has 1 aliphatic carbocycles. The topological polar surface area (TPSA) is 86.9 Å². The maximum atomic E-state index is 13.4. The van der Waals surface area contributed by atoms with Crippen molar-refractivity contribution in [2.75, 3.05) is 19.6 Å². The highest BCUT2D eigenvalue weighted by molar-refractivity contribution is 5.80. The van der Waals surface area contributed by atoms with Crippen molar-refractivity contribution >= 4 is 11.9 Å². The number of nitrogens with two attached hydrogens (primary N) is 1. The van der Waals surface area contributed by atoms with Gasteiger partial charge in [-0.25, -0.2) is 4.79 Å². The molecule has 6 nitrogen and oxygen atoms in total. The summed E-state index contributed by atoms with van der Waals surface area (Å²) in [5.74, 6) is -0.247. The van der Waals surface area contributed by atoms with Crippen LogP contribution in [0.15, 0.2) is 18.2 Å². The maximum absolute atomic E-state index is 13.4. The first-order chi connectivity index (χ1) is 13.2. The van der Waals surface area contributed by atoms with Crippen LogP contribution in [-0.2, 0) is 16.6 Å². The number of urea groups is 1. The maximum Gasteiger partial charge on any atom is 0.320 e. The van der Waals surface area contributed by atoms with Crippen molar-refractivity contribution in [3.05, 3.63) is 29.3 Å². The van der Waals surface area contributed by atoms with Gasteiger partial charge >= 0.3 is 6.03 Å². The van der Waals surface area contributed by atoms with Crippen molar-refractivity contribution in [3.63, 3.8) is 0 Å². The molecule has 2 bridgehead atoms. The summed E-state index contributed by atoms with van der Waals surface area (Å²) in [5, 5.41) is 10.5. The molecule has 2 aliphatic heterocycles. The normalized spacial score (nSPS) is 31.2. The number of phenolic OH excluding ortho intramolecular Hbond substituents is 1. The largest absolute Gasteiger partial charge is 0.508 e. The average Bonchev–Trinajstić information content (AvgIpc) is 2.65. The predicted octanol–water partition coefficient (Wildman–Crippen LogP) is 2.62. The molecule has 28 heavy (non-hydrogen) atoms. The third kappa shape index (κ3) is 2.60. The Balaban J connectivity index is 1.66. The van der Waals surface area contributed by atoms with E-state index in [1.165, 1.54) is 5.56 Å².